The van der Waals surface area contributed by atoms with Crippen LogP contribution in [0.5, 0.6) is 0 Å². The van der Waals surface area contributed by atoms with E-state index in [1.54, 1.807) is 12.5 Å². The first-order valence-corrected chi connectivity index (χ1v) is 5.85. The van der Waals surface area contributed by atoms with Crippen LogP contribution in [0.15, 0.2) is 12.5 Å². The Kier molecular flexibility index (Phi) is 5.69. The van der Waals surface area contributed by atoms with Gasteiger partial charge in [0, 0.05) is 31.4 Å². The van der Waals surface area contributed by atoms with E-state index in [0.29, 0.717) is 19.5 Å². The van der Waals surface area contributed by atoms with Gasteiger partial charge >= 0.3 is 12.0 Å². The molecule has 0 aliphatic carbocycles. The number of imidazole rings is 1. The van der Waals surface area contributed by atoms with E-state index in [4.69, 9.17) is 5.11 Å². The molecule has 100 valence electrons. The summed E-state index contributed by atoms with van der Waals surface area (Å²) in [6, 6.07) is -0.348. The van der Waals surface area contributed by atoms with Gasteiger partial charge in [-0.1, -0.05) is 6.92 Å². The number of nitrogens with one attached hydrogen (secondary N) is 2. The maximum absolute atomic E-state index is 11.7. The Balaban J connectivity index is 2.34. The highest BCUT2D eigenvalue weighted by molar-refractivity contribution is 5.80. The Morgan fingerprint density at radius 2 is 2.33 bits per heavy atom. The number of aromatic nitrogens is 2. The van der Waals surface area contributed by atoms with Gasteiger partial charge < -0.3 is 20.3 Å². The fourth-order valence-electron chi connectivity index (χ4n) is 1.52. The number of hydrogen-bond donors (Lipinski definition) is 3. The van der Waals surface area contributed by atoms with Gasteiger partial charge in [-0.3, -0.25) is 4.79 Å². The summed E-state index contributed by atoms with van der Waals surface area (Å²) >= 11 is 0. The number of carbonyl (C=O) groups is 2. The maximum atomic E-state index is 11.7. The second-order valence-electron chi connectivity index (χ2n) is 3.87. The third kappa shape index (κ3) is 4.86. The zero-order chi connectivity index (χ0) is 13.4. The van der Waals surface area contributed by atoms with E-state index in [2.05, 4.69) is 15.3 Å². The summed E-state index contributed by atoms with van der Waals surface area (Å²) in [4.78, 5) is 30.4. The number of rotatable bonds is 7. The van der Waals surface area contributed by atoms with Crippen LogP contribution in [-0.2, 0) is 11.2 Å². The van der Waals surface area contributed by atoms with Crippen molar-refractivity contribution >= 4 is 12.0 Å². The van der Waals surface area contributed by atoms with E-state index in [9.17, 15) is 9.59 Å². The lowest BCUT2D eigenvalue weighted by Gasteiger charge is -2.20. The van der Waals surface area contributed by atoms with Crippen LogP contribution in [0.3, 0.4) is 0 Å². The average Bonchev–Trinajstić information content (AvgIpc) is 2.81. The summed E-state index contributed by atoms with van der Waals surface area (Å²) in [5.41, 5.74) is 0.926. The molecule has 0 saturated heterocycles. The SMILES string of the molecule is CCCN(CC(=O)O)C(=O)NCCc1cnc[nH]1. The smallest absolute Gasteiger partial charge is 0.323 e. The minimum Gasteiger partial charge on any atom is -0.480 e. The molecular weight excluding hydrogens is 236 g/mol. The molecule has 0 atom stereocenters. The Bertz CT molecular complexity index is 378. The summed E-state index contributed by atoms with van der Waals surface area (Å²) in [7, 11) is 0. The van der Waals surface area contributed by atoms with E-state index in [0.717, 1.165) is 12.1 Å². The fourth-order valence-corrected chi connectivity index (χ4v) is 1.52. The van der Waals surface area contributed by atoms with Gasteiger partial charge in [0.25, 0.3) is 0 Å². The second-order valence-corrected chi connectivity index (χ2v) is 3.87. The molecule has 1 heterocycles. The summed E-state index contributed by atoms with van der Waals surface area (Å²) in [5, 5.41) is 11.4. The van der Waals surface area contributed by atoms with Crippen molar-refractivity contribution in [1.29, 1.82) is 0 Å². The monoisotopic (exact) mass is 254 g/mol. The van der Waals surface area contributed by atoms with Crippen LogP contribution in [0, 0.1) is 0 Å². The quantitative estimate of drug-likeness (QED) is 0.658. The lowest BCUT2D eigenvalue weighted by Crippen LogP contribution is -2.43. The topological polar surface area (TPSA) is 98.3 Å². The van der Waals surface area contributed by atoms with Crippen molar-refractivity contribution in [2.24, 2.45) is 0 Å². The van der Waals surface area contributed by atoms with Crippen molar-refractivity contribution in [2.45, 2.75) is 19.8 Å². The Morgan fingerprint density at radius 3 is 2.89 bits per heavy atom. The summed E-state index contributed by atoms with van der Waals surface area (Å²) < 4.78 is 0. The highest BCUT2D eigenvalue weighted by Gasteiger charge is 2.14. The predicted molar refractivity (Wildman–Crippen MR) is 65.2 cm³/mol. The summed E-state index contributed by atoms with van der Waals surface area (Å²) in [5.74, 6) is -1.01. The van der Waals surface area contributed by atoms with Gasteiger partial charge in [-0.2, -0.15) is 0 Å². The second kappa shape index (κ2) is 7.31. The van der Waals surface area contributed by atoms with Crippen molar-refractivity contribution in [2.75, 3.05) is 19.6 Å². The molecule has 0 saturated carbocycles. The van der Waals surface area contributed by atoms with Gasteiger partial charge in [0.2, 0.25) is 0 Å². The first-order valence-electron chi connectivity index (χ1n) is 5.85. The number of nitrogens with zero attached hydrogens (tertiary/aromatic N) is 2. The van der Waals surface area contributed by atoms with E-state index < -0.39 is 5.97 Å². The third-order valence-corrected chi connectivity index (χ3v) is 2.33. The van der Waals surface area contributed by atoms with Crippen molar-refractivity contribution in [3.8, 4) is 0 Å². The van der Waals surface area contributed by atoms with E-state index in [1.807, 2.05) is 6.92 Å². The first-order chi connectivity index (χ1) is 8.63. The van der Waals surface area contributed by atoms with Crippen molar-refractivity contribution in [1.82, 2.24) is 20.2 Å². The van der Waals surface area contributed by atoms with Gasteiger partial charge in [-0.05, 0) is 6.42 Å². The number of carbonyl (C=O) groups excluding carboxylic acids is 1. The standard InChI is InChI=1S/C11H18N4O3/c1-2-5-15(7-10(16)17)11(18)13-4-3-9-6-12-8-14-9/h6,8H,2-5,7H2,1H3,(H,12,14)(H,13,18)(H,16,17). The number of carboxylic acid groups (broad SMARTS) is 1. The van der Waals surface area contributed by atoms with Gasteiger partial charge in [0.05, 0.1) is 6.33 Å². The van der Waals surface area contributed by atoms with Crippen LogP contribution in [0.4, 0.5) is 4.79 Å². The summed E-state index contributed by atoms with van der Waals surface area (Å²) in [6.07, 6.45) is 4.62. The third-order valence-electron chi connectivity index (χ3n) is 2.33. The van der Waals surface area contributed by atoms with Gasteiger partial charge in [0.1, 0.15) is 6.54 Å². The van der Waals surface area contributed by atoms with Crippen LogP contribution < -0.4 is 5.32 Å². The number of aliphatic carboxylic acids is 1. The van der Waals surface area contributed by atoms with Crippen LogP contribution in [-0.4, -0.2) is 51.6 Å². The molecule has 0 aliphatic heterocycles. The van der Waals surface area contributed by atoms with Crippen molar-refractivity contribution in [3.63, 3.8) is 0 Å². The first kappa shape index (κ1) is 14.0. The molecule has 0 aromatic carbocycles. The number of amides is 2. The minimum atomic E-state index is -1.01. The molecule has 2 amide bonds. The number of hydrogen-bond acceptors (Lipinski definition) is 3. The molecule has 0 unspecified atom stereocenters. The maximum Gasteiger partial charge on any atom is 0.323 e. The normalized spacial score (nSPS) is 10.1. The molecule has 1 aromatic rings. The fraction of sp³-hybridized carbons (Fsp3) is 0.545. The molecule has 18 heavy (non-hydrogen) atoms. The molecule has 7 nitrogen and oxygen atoms in total. The van der Waals surface area contributed by atoms with E-state index in [1.165, 1.54) is 4.90 Å². The molecule has 0 bridgehead atoms. The largest absolute Gasteiger partial charge is 0.480 e. The Hall–Kier alpha value is -2.05. The molecule has 0 fully saturated rings. The molecule has 3 N–H and O–H groups in total. The number of carboxylic acids is 1. The zero-order valence-electron chi connectivity index (χ0n) is 10.3. The number of aromatic amines is 1. The molecule has 1 rings (SSSR count). The highest BCUT2D eigenvalue weighted by atomic mass is 16.4. The van der Waals surface area contributed by atoms with E-state index >= 15 is 0 Å². The van der Waals surface area contributed by atoms with Gasteiger partial charge in [-0.15, -0.1) is 0 Å². The zero-order valence-corrected chi connectivity index (χ0v) is 10.3. The van der Waals surface area contributed by atoms with Crippen LogP contribution in [0.25, 0.3) is 0 Å². The van der Waals surface area contributed by atoms with Gasteiger partial charge in [0.15, 0.2) is 0 Å². The number of H-pyrrole nitrogens is 1. The van der Waals surface area contributed by atoms with Crippen LogP contribution >= 0.6 is 0 Å². The summed E-state index contributed by atoms with van der Waals surface area (Å²) in [6.45, 7) is 2.50. The van der Waals surface area contributed by atoms with Crippen molar-refractivity contribution < 1.29 is 14.7 Å². The lowest BCUT2D eigenvalue weighted by atomic mass is 10.3. The lowest BCUT2D eigenvalue weighted by molar-refractivity contribution is -0.137. The Morgan fingerprint density at radius 1 is 1.56 bits per heavy atom. The van der Waals surface area contributed by atoms with Gasteiger partial charge in [-0.25, -0.2) is 9.78 Å². The molecule has 7 heteroatoms. The molecule has 0 radical (unpaired) electrons. The van der Waals surface area contributed by atoms with Crippen molar-refractivity contribution in [3.05, 3.63) is 18.2 Å². The minimum absolute atomic E-state index is 0.274. The average molecular weight is 254 g/mol. The molecule has 0 spiro atoms. The highest BCUT2D eigenvalue weighted by Crippen LogP contribution is 1.94. The predicted octanol–water partition coefficient (Wildman–Crippen LogP) is 0.458. The molecule has 1 aromatic heterocycles. The van der Waals surface area contributed by atoms with Crippen LogP contribution in [0.1, 0.15) is 19.0 Å². The van der Waals surface area contributed by atoms with Crippen LogP contribution in [0.2, 0.25) is 0 Å². The molecule has 0 aliphatic rings. The Labute approximate surface area is 105 Å². The number of urea groups is 1. The molecular formula is C11H18N4O3. The van der Waals surface area contributed by atoms with E-state index in [-0.39, 0.29) is 12.6 Å².